The number of aryl methyl sites for hydroxylation is 1. The molecule has 2 unspecified atom stereocenters. The summed E-state index contributed by atoms with van der Waals surface area (Å²) in [6, 6.07) is 4.10. The summed E-state index contributed by atoms with van der Waals surface area (Å²) in [5.74, 6) is -0.203. The van der Waals surface area contributed by atoms with Crippen molar-refractivity contribution in [2.24, 2.45) is 0 Å². The highest BCUT2D eigenvalue weighted by Crippen LogP contribution is 2.37. The lowest BCUT2D eigenvalue weighted by Gasteiger charge is -2.48. The SMILES string of the molecule is CCc1cc(-c2cnc3[nH]cc(-c4cnn(C5CCN(C)CC5)c4)c3n2)cc(F)c1N1CC2CC(C1)O2. The first-order valence-corrected chi connectivity index (χ1v) is 13.4. The van der Waals surface area contributed by atoms with Crippen LogP contribution in [-0.4, -0.2) is 75.1 Å². The molecule has 8 rings (SSSR count). The van der Waals surface area contributed by atoms with Crippen LogP contribution in [0.4, 0.5) is 10.1 Å². The number of benzene rings is 1. The molecule has 1 N–H and O–H groups in total. The van der Waals surface area contributed by atoms with Crippen LogP contribution in [0.3, 0.4) is 0 Å². The van der Waals surface area contributed by atoms with Crippen LogP contribution < -0.4 is 4.90 Å². The van der Waals surface area contributed by atoms with Gasteiger partial charge in [-0.05, 0) is 57.1 Å². The molecule has 0 spiro atoms. The molecule has 0 radical (unpaired) electrons. The summed E-state index contributed by atoms with van der Waals surface area (Å²) in [6.07, 6.45) is 12.2. The van der Waals surface area contributed by atoms with E-state index in [0.29, 0.717) is 23.1 Å². The molecular formula is C28H32FN7O. The number of piperidine rings is 2. The average molecular weight is 502 g/mol. The molecule has 0 saturated carbocycles. The average Bonchev–Trinajstić information content (AvgIpc) is 3.55. The molecule has 0 aliphatic carbocycles. The molecule has 37 heavy (non-hydrogen) atoms. The Morgan fingerprint density at radius 3 is 2.65 bits per heavy atom. The van der Waals surface area contributed by atoms with Crippen molar-refractivity contribution in [2.45, 2.75) is 50.9 Å². The fourth-order valence-electron chi connectivity index (χ4n) is 6.15. The second kappa shape index (κ2) is 8.92. The van der Waals surface area contributed by atoms with Gasteiger partial charge in [0.15, 0.2) is 5.65 Å². The molecule has 8 nitrogen and oxygen atoms in total. The molecule has 9 heteroatoms. The molecule has 3 aromatic heterocycles. The van der Waals surface area contributed by atoms with Gasteiger partial charge in [0.1, 0.15) is 11.3 Å². The van der Waals surface area contributed by atoms with Gasteiger partial charge in [-0.2, -0.15) is 5.10 Å². The number of hydrogen-bond acceptors (Lipinski definition) is 6. The maximum Gasteiger partial charge on any atom is 0.156 e. The predicted molar refractivity (Wildman–Crippen MR) is 141 cm³/mol. The van der Waals surface area contributed by atoms with Crippen LogP contribution in [0.1, 0.15) is 37.8 Å². The molecule has 4 aliphatic rings. The Balaban J connectivity index is 1.21. The Labute approximate surface area is 215 Å². The van der Waals surface area contributed by atoms with Crippen molar-refractivity contribution >= 4 is 16.9 Å². The van der Waals surface area contributed by atoms with Crippen LogP contribution in [0, 0.1) is 5.82 Å². The number of anilines is 1. The third-order valence-corrected chi connectivity index (χ3v) is 8.25. The largest absolute Gasteiger partial charge is 0.371 e. The Kier molecular flexibility index (Phi) is 5.51. The van der Waals surface area contributed by atoms with E-state index in [2.05, 4.69) is 55.8 Å². The minimum Gasteiger partial charge on any atom is -0.371 e. The van der Waals surface area contributed by atoms with Gasteiger partial charge in [-0.1, -0.05) is 6.92 Å². The van der Waals surface area contributed by atoms with Crippen molar-refractivity contribution in [1.82, 2.24) is 29.6 Å². The fourth-order valence-corrected chi connectivity index (χ4v) is 6.15. The van der Waals surface area contributed by atoms with E-state index in [4.69, 9.17) is 9.72 Å². The van der Waals surface area contributed by atoms with Crippen molar-refractivity contribution < 1.29 is 9.13 Å². The van der Waals surface area contributed by atoms with E-state index < -0.39 is 0 Å². The van der Waals surface area contributed by atoms with E-state index in [-0.39, 0.29) is 18.0 Å². The lowest BCUT2D eigenvalue weighted by molar-refractivity contribution is -0.133. The zero-order valence-electron chi connectivity index (χ0n) is 21.3. The Bertz CT molecular complexity index is 1440. The summed E-state index contributed by atoms with van der Waals surface area (Å²) in [5.41, 5.74) is 6.58. The number of nitrogens with zero attached hydrogens (tertiary/aromatic N) is 6. The van der Waals surface area contributed by atoms with Crippen molar-refractivity contribution in [1.29, 1.82) is 0 Å². The third-order valence-electron chi connectivity index (χ3n) is 8.25. The maximum atomic E-state index is 15.6. The van der Waals surface area contributed by atoms with Crippen LogP contribution in [0.2, 0.25) is 0 Å². The zero-order valence-corrected chi connectivity index (χ0v) is 21.3. The molecule has 192 valence electrons. The molecule has 4 aromatic rings. The first-order valence-electron chi connectivity index (χ1n) is 13.4. The number of likely N-dealkylation sites (tertiary alicyclic amines) is 1. The second-order valence-electron chi connectivity index (χ2n) is 10.7. The van der Waals surface area contributed by atoms with Crippen LogP contribution in [0.25, 0.3) is 33.5 Å². The van der Waals surface area contributed by atoms with Gasteiger partial charge in [0, 0.05) is 48.6 Å². The molecule has 0 amide bonds. The number of morpholine rings is 1. The second-order valence-corrected chi connectivity index (χ2v) is 10.7. The van der Waals surface area contributed by atoms with E-state index in [1.165, 1.54) is 0 Å². The Hall–Kier alpha value is -3.30. The highest BCUT2D eigenvalue weighted by Gasteiger charge is 2.39. The number of nitrogens with one attached hydrogen (secondary N) is 1. The minimum atomic E-state index is -0.203. The molecule has 2 atom stereocenters. The lowest BCUT2D eigenvalue weighted by Crippen LogP contribution is -2.57. The Morgan fingerprint density at radius 1 is 1.11 bits per heavy atom. The van der Waals surface area contributed by atoms with Crippen LogP contribution >= 0.6 is 0 Å². The minimum absolute atomic E-state index is 0.203. The highest BCUT2D eigenvalue weighted by molar-refractivity contribution is 5.91. The molecular weight excluding hydrogens is 469 g/mol. The number of aromatic nitrogens is 5. The van der Waals surface area contributed by atoms with E-state index in [1.54, 1.807) is 12.3 Å². The lowest BCUT2D eigenvalue weighted by atomic mass is 9.95. The predicted octanol–water partition coefficient (Wildman–Crippen LogP) is 4.43. The van der Waals surface area contributed by atoms with E-state index >= 15 is 4.39 Å². The van der Waals surface area contributed by atoms with Gasteiger partial charge in [0.05, 0.1) is 42.0 Å². The van der Waals surface area contributed by atoms with Gasteiger partial charge >= 0.3 is 0 Å². The smallest absolute Gasteiger partial charge is 0.156 e. The molecule has 2 bridgehead atoms. The fraction of sp³-hybridized carbons (Fsp3) is 0.464. The molecule has 4 aliphatic heterocycles. The monoisotopic (exact) mass is 501 g/mol. The summed E-state index contributed by atoms with van der Waals surface area (Å²) in [6.45, 7) is 5.75. The molecule has 1 aromatic carbocycles. The quantitative estimate of drug-likeness (QED) is 0.436. The van der Waals surface area contributed by atoms with Crippen molar-refractivity contribution in [3.8, 4) is 22.4 Å². The van der Waals surface area contributed by atoms with E-state index in [0.717, 1.165) is 79.6 Å². The van der Waals surface area contributed by atoms with Crippen molar-refractivity contribution in [3.05, 3.63) is 48.3 Å². The van der Waals surface area contributed by atoms with Gasteiger partial charge < -0.3 is 19.5 Å². The number of aromatic amines is 1. The van der Waals surface area contributed by atoms with Crippen LogP contribution in [0.5, 0.6) is 0 Å². The molecule has 4 saturated heterocycles. The third kappa shape index (κ3) is 4.01. The number of H-pyrrole nitrogens is 1. The number of hydrogen-bond donors (Lipinski definition) is 1. The van der Waals surface area contributed by atoms with Crippen LogP contribution in [-0.2, 0) is 11.2 Å². The number of fused-ring (bicyclic) bond motifs is 3. The summed E-state index contributed by atoms with van der Waals surface area (Å²) in [5, 5.41) is 4.68. The topological polar surface area (TPSA) is 75.1 Å². The Morgan fingerprint density at radius 2 is 1.89 bits per heavy atom. The number of ether oxygens (including phenoxy) is 1. The summed E-state index contributed by atoms with van der Waals surface area (Å²) < 4.78 is 23.4. The normalized spacial score (nSPS) is 22.5. The summed E-state index contributed by atoms with van der Waals surface area (Å²) in [4.78, 5) is 17.3. The standard InChI is InChI=1S/C28H32FN7O/c1-3-17-8-18(9-24(29)27(17)35-15-21-10-22(16-35)37-21)25-13-31-28-26(33-25)23(12-30-28)19-11-32-36(14-19)20-4-6-34(2)7-5-20/h8-9,11-14,20-22H,3-7,10,15-16H2,1-2H3,(H,30,31). The van der Waals surface area contributed by atoms with Gasteiger partial charge in [-0.3, -0.25) is 4.68 Å². The summed E-state index contributed by atoms with van der Waals surface area (Å²) >= 11 is 0. The number of rotatable bonds is 5. The van der Waals surface area contributed by atoms with E-state index in [1.807, 2.05) is 12.4 Å². The van der Waals surface area contributed by atoms with Gasteiger partial charge in [0.25, 0.3) is 0 Å². The number of halogens is 1. The molecule has 4 fully saturated rings. The van der Waals surface area contributed by atoms with Gasteiger partial charge in [-0.15, -0.1) is 0 Å². The van der Waals surface area contributed by atoms with Crippen LogP contribution in [0.15, 0.2) is 36.9 Å². The maximum absolute atomic E-state index is 15.6. The highest BCUT2D eigenvalue weighted by atomic mass is 19.1. The first-order chi connectivity index (χ1) is 18.1. The molecule has 7 heterocycles. The van der Waals surface area contributed by atoms with Crippen molar-refractivity contribution in [2.75, 3.05) is 38.1 Å². The first kappa shape index (κ1) is 22.9. The van der Waals surface area contributed by atoms with Gasteiger partial charge in [-0.25, -0.2) is 14.4 Å². The zero-order chi connectivity index (χ0) is 25.1. The summed E-state index contributed by atoms with van der Waals surface area (Å²) in [7, 11) is 2.17. The van der Waals surface area contributed by atoms with E-state index in [9.17, 15) is 0 Å². The van der Waals surface area contributed by atoms with Gasteiger partial charge in [0.2, 0.25) is 0 Å². The van der Waals surface area contributed by atoms with Crippen molar-refractivity contribution in [3.63, 3.8) is 0 Å².